The molecule has 21 heavy (non-hydrogen) atoms. The maximum Gasteiger partial charge on any atom is 0.353 e. The van der Waals surface area contributed by atoms with Crippen LogP contribution in [0.15, 0.2) is 18.2 Å². The summed E-state index contributed by atoms with van der Waals surface area (Å²) in [5.74, 6) is -1.83. The van der Waals surface area contributed by atoms with Gasteiger partial charge in [-0.05, 0) is 18.2 Å². The van der Waals surface area contributed by atoms with Crippen molar-refractivity contribution in [2.45, 2.75) is 0 Å². The van der Waals surface area contributed by atoms with Crippen LogP contribution in [0.1, 0.15) is 20.8 Å². The molecule has 0 amide bonds. The third-order valence-electron chi connectivity index (χ3n) is 2.81. The van der Waals surface area contributed by atoms with Gasteiger partial charge >= 0.3 is 11.9 Å². The molecule has 8 heteroatoms. The van der Waals surface area contributed by atoms with E-state index in [9.17, 15) is 9.59 Å². The zero-order valence-corrected chi connectivity index (χ0v) is 11.2. The molecule has 1 aromatic carbocycles. The Morgan fingerprint density at radius 1 is 1.10 bits per heavy atom. The molecule has 0 aliphatic carbocycles. The Bertz CT molecular complexity index is 707. The van der Waals surface area contributed by atoms with Gasteiger partial charge in [-0.3, -0.25) is 5.10 Å². The molecule has 0 unspecified atom stereocenters. The summed E-state index contributed by atoms with van der Waals surface area (Å²) in [6.45, 7) is 0. The molecule has 0 atom stereocenters. The Kier molecular flexibility index (Phi) is 3.79. The van der Waals surface area contributed by atoms with Crippen LogP contribution in [0, 0.1) is 0 Å². The third-order valence-corrected chi connectivity index (χ3v) is 2.81. The third kappa shape index (κ3) is 2.64. The second-order valence-electron chi connectivity index (χ2n) is 4.04. The molecule has 0 bridgehead atoms. The summed E-state index contributed by atoms with van der Waals surface area (Å²) in [4.78, 5) is 22.0. The number of aromatic nitrogens is 2. The first-order valence-electron chi connectivity index (χ1n) is 5.76. The molecule has 3 N–H and O–H groups in total. The fourth-order valence-electron chi connectivity index (χ4n) is 1.85. The number of aromatic carboxylic acids is 2. The molecule has 110 valence electrons. The molecule has 1 heterocycles. The number of carboxylic acids is 2. The lowest BCUT2D eigenvalue weighted by Crippen LogP contribution is -2.01. The van der Waals surface area contributed by atoms with E-state index in [4.69, 9.17) is 19.7 Å². The molecule has 0 spiro atoms. The first-order valence-corrected chi connectivity index (χ1v) is 5.76. The number of carboxylic acid groups (broad SMARTS) is 2. The fraction of sp³-hybridized carbons (Fsp3) is 0.154. The Morgan fingerprint density at radius 3 is 2.29 bits per heavy atom. The quantitative estimate of drug-likeness (QED) is 0.763. The van der Waals surface area contributed by atoms with Crippen LogP contribution in [-0.4, -0.2) is 46.6 Å². The van der Waals surface area contributed by atoms with Crippen molar-refractivity contribution < 1.29 is 29.3 Å². The van der Waals surface area contributed by atoms with Crippen LogP contribution in [0.2, 0.25) is 0 Å². The second-order valence-corrected chi connectivity index (χ2v) is 4.04. The molecule has 8 nitrogen and oxygen atoms in total. The average Bonchev–Trinajstić information content (AvgIpc) is 2.95. The van der Waals surface area contributed by atoms with Gasteiger partial charge in [0.25, 0.3) is 0 Å². The van der Waals surface area contributed by atoms with Gasteiger partial charge in [0.2, 0.25) is 0 Å². The van der Waals surface area contributed by atoms with Gasteiger partial charge in [0.05, 0.1) is 25.5 Å². The minimum Gasteiger partial charge on any atom is -0.493 e. The highest BCUT2D eigenvalue weighted by atomic mass is 16.5. The lowest BCUT2D eigenvalue weighted by atomic mass is 10.1. The van der Waals surface area contributed by atoms with Crippen LogP contribution < -0.4 is 9.47 Å². The molecule has 0 radical (unpaired) electrons. The van der Waals surface area contributed by atoms with Crippen LogP contribution in [0.5, 0.6) is 11.5 Å². The van der Waals surface area contributed by atoms with Crippen LogP contribution in [-0.2, 0) is 0 Å². The van der Waals surface area contributed by atoms with Crippen molar-refractivity contribution in [1.82, 2.24) is 10.2 Å². The van der Waals surface area contributed by atoms with Crippen molar-refractivity contribution in [2.24, 2.45) is 0 Å². The van der Waals surface area contributed by atoms with E-state index in [2.05, 4.69) is 10.2 Å². The summed E-state index contributed by atoms with van der Waals surface area (Å²) in [7, 11) is 2.77. The van der Waals surface area contributed by atoms with Gasteiger partial charge in [-0.25, -0.2) is 9.59 Å². The monoisotopic (exact) mass is 292 g/mol. The summed E-state index contributed by atoms with van der Waals surface area (Å²) in [6.07, 6.45) is 0. The van der Waals surface area contributed by atoms with E-state index in [1.165, 1.54) is 32.4 Å². The van der Waals surface area contributed by atoms with E-state index in [1.807, 2.05) is 0 Å². The Morgan fingerprint density at radius 2 is 1.81 bits per heavy atom. The second kappa shape index (κ2) is 5.53. The predicted molar refractivity (Wildman–Crippen MR) is 71.0 cm³/mol. The van der Waals surface area contributed by atoms with Crippen LogP contribution in [0.4, 0.5) is 0 Å². The molecule has 0 fully saturated rings. The highest BCUT2D eigenvalue weighted by Crippen LogP contribution is 2.38. The van der Waals surface area contributed by atoms with Gasteiger partial charge < -0.3 is 19.7 Å². The number of carbonyl (C=O) groups is 2. The number of benzene rings is 1. The lowest BCUT2D eigenvalue weighted by Gasteiger charge is -2.12. The van der Waals surface area contributed by atoms with Crippen molar-refractivity contribution in [3.63, 3.8) is 0 Å². The maximum atomic E-state index is 11.1. The lowest BCUT2D eigenvalue weighted by molar-refractivity contribution is 0.0682. The van der Waals surface area contributed by atoms with E-state index in [0.29, 0.717) is 5.56 Å². The van der Waals surface area contributed by atoms with Crippen LogP contribution in [0.25, 0.3) is 11.3 Å². The van der Waals surface area contributed by atoms with Gasteiger partial charge in [0.15, 0.2) is 11.5 Å². The van der Waals surface area contributed by atoms with Crippen LogP contribution >= 0.6 is 0 Å². The minimum absolute atomic E-state index is 0.0254. The van der Waals surface area contributed by atoms with Gasteiger partial charge in [0.1, 0.15) is 5.69 Å². The van der Waals surface area contributed by atoms with Crippen molar-refractivity contribution in [1.29, 1.82) is 0 Å². The number of aromatic amines is 1. The summed E-state index contributed by atoms with van der Waals surface area (Å²) >= 11 is 0. The number of rotatable bonds is 5. The van der Waals surface area contributed by atoms with Gasteiger partial charge in [-0.1, -0.05) is 0 Å². The molecule has 0 saturated heterocycles. The molecule has 0 aliphatic rings. The Labute approximate surface area is 118 Å². The first kappa shape index (κ1) is 14.4. The number of methoxy groups -OCH3 is 2. The highest BCUT2D eigenvalue weighted by molar-refractivity contribution is 5.92. The Hall–Kier alpha value is -3.03. The van der Waals surface area contributed by atoms with Crippen molar-refractivity contribution in [3.8, 4) is 22.8 Å². The standard InChI is InChI=1S/C13H12N2O6/c1-20-10-4-6(12(16)17)3-7(11(10)21-2)8-5-9(13(18)19)15-14-8/h3-5H,1-2H3,(H,14,15)(H,16,17)(H,18,19). The molecule has 0 saturated carbocycles. The maximum absolute atomic E-state index is 11.1. The number of nitrogens with one attached hydrogen (secondary N) is 1. The fourth-order valence-corrected chi connectivity index (χ4v) is 1.85. The van der Waals surface area contributed by atoms with E-state index >= 15 is 0 Å². The minimum atomic E-state index is -1.17. The number of hydrogen-bond acceptors (Lipinski definition) is 5. The topological polar surface area (TPSA) is 122 Å². The summed E-state index contributed by atoms with van der Waals surface area (Å²) in [6, 6.07) is 3.94. The summed E-state index contributed by atoms with van der Waals surface area (Å²) < 4.78 is 10.3. The highest BCUT2D eigenvalue weighted by Gasteiger charge is 2.20. The van der Waals surface area contributed by atoms with E-state index < -0.39 is 11.9 Å². The number of nitrogens with zero attached hydrogens (tertiary/aromatic N) is 1. The van der Waals surface area contributed by atoms with Gasteiger partial charge in [0, 0.05) is 5.56 Å². The van der Waals surface area contributed by atoms with Crippen molar-refractivity contribution >= 4 is 11.9 Å². The molecule has 2 aromatic rings. The van der Waals surface area contributed by atoms with E-state index in [1.54, 1.807) is 0 Å². The summed E-state index contributed by atoms with van der Waals surface area (Å²) in [5.41, 5.74) is 0.415. The molecule has 0 aliphatic heterocycles. The Balaban J connectivity index is 2.66. The molecular formula is C13H12N2O6. The smallest absolute Gasteiger partial charge is 0.353 e. The SMILES string of the molecule is COc1cc(C(=O)O)cc(-c2cc(C(=O)O)[nH]n2)c1OC. The number of ether oxygens (including phenoxy) is 2. The van der Waals surface area contributed by atoms with Crippen molar-refractivity contribution in [3.05, 3.63) is 29.5 Å². The number of H-pyrrole nitrogens is 1. The van der Waals surface area contributed by atoms with Gasteiger partial charge in [-0.2, -0.15) is 5.10 Å². The average molecular weight is 292 g/mol. The number of hydrogen-bond donors (Lipinski definition) is 3. The zero-order chi connectivity index (χ0) is 15.6. The zero-order valence-electron chi connectivity index (χ0n) is 11.2. The van der Waals surface area contributed by atoms with E-state index in [0.717, 1.165) is 0 Å². The normalized spacial score (nSPS) is 10.2. The first-order chi connectivity index (χ1) is 9.97. The summed E-state index contributed by atoms with van der Waals surface area (Å²) in [5, 5.41) is 24.2. The van der Waals surface area contributed by atoms with E-state index in [-0.39, 0.29) is 28.5 Å². The molecule has 1 aromatic heterocycles. The van der Waals surface area contributed by atoms with Crippen LogP contribution in [0.3, 0.4) is 0 Å². The molecular weight excluding hydrogens is 280 g/mol. The predicted octanol–water partition coefficient (Wildman–Crippen LogP) is 1.49. The molecule has 2 rings (SSSR count). The largest absolute Gasteiger partial charge is 0.493 e. The van der Waals surface area contributed by atoms with Gasteiger partial charge in [-0.15, -0.1) is 0 Å². The van der Waals surface area contributed by atoms with Crippen molar-refractivity contribution in [2.75, 3.05) is 14.2 Å².